The van der Waals surface area contributed by atoms with Crippen molar-refractivity contribution in [1.82, 2.24) is 10.6 Å². The lowest BCUT2D eigenvalue weighted by Crippen LogP contribution is -2.33. The van der Waals surface area contributed by atoms with Crippen molar-refractivity contribution >= 4 is 23.4 Å². The van der Waals surface area contributed by atoms with E-state index in [9.17, 15) is 14.4 Å². The predicted molar refractivity (Wildman–Crippen MR) is 128 cm³/mol. The largest absolute Gasteiger partial charge is 0.352 e. The van der Waals surface area contributed by atoms with Gasteiger partial charge in [-0.15, -0.1) is 0 Å². The highest BCUT2D eigenvalue weighted by Crippen LogP contribution is 2.22. The first kappa shape index (κ1) is 22.3. The van der Waals surface area contributed by atoms with Crippen LogP contribution < -0.4 is 15.5 Å². The zero-order valence-corrected chi connectivity index (χ0v) is 18.4. The second-order valence-electron chi connectivity index (χ2n) is 8.10. The lowest BCUT2D eigenvalue weighted by molar-refractivity contribution is -0.121. The summed E-state index contributed by atoms with van der Waals surface area (Å²) in [5.74, 6) is -0.221. The Morgan fingerprint density at radius 2 is 1.55 bits per heavy atom. The molecular weight excluding hydrogens is 414 g/mol. The predicted octanol–water partition coefficient (Wildman–Crippen LogP) is 3.99. The smallest absolute Gasteiger partial charge is 0.251 e. The molecule has 6 heteroatoms. The number of nitrogens with zero attached hydrogens (tertiary/aromatic N) is 1. The van der Waals surface area contributed by atoms with E-state index in [0.29, 0.717) is 18.5 Å². The van der Waals surface area contributed by atoms with Gasteiger partial charge in [0.05, 0.1) is 12.5 Å². The topological polar surface area (TPSA) is 78.5 Å². The van der Waals surface area contributed by atoms with E-state index < -0.39 is 6.04 Å². The van der Waals surface area contributed by atoms with Gasteiger partial charge >= 0.3 is 0 Å². The van der Waals surface area contributed by atoms with Crippen LogP contribution in [-0.2, 0) is 16.1 Å². The maximum Gasteiger partial charge on any atom is 0.251 e. The third-order valence-corrected chi connectivity index (χ3v) is 5.74. The van der Waals surface area contributed by atoms with Crippen molar-refractivity contribution in [2.75, 3.05) is 11.4 Å². The van der Waals surface area contributed by atoms with Crippen LogP contribution in [0.15, 0.2) is 84.9 Å². The molecule has 1 saturated heterocycles. The second kappa shape index (κ2) is 10.6. The molecule has 4 rings (SSSR count). The van der Waals surface area contributed by atoms with Gasteiger partial charge in [0, 0.05) is 30.8 Å². The van der Waals surface area contributed by atoms with Crippen molar-refractivity contribution in [1.29, 1.82) is 0 Å². The highest BCUT2D eigenvalue weighted by atomic mass is 16.2. The molecule has 2 N–H and O–H groups in total. The van der Waals surface area contributed by atoms with Crippen molar-refractivity contribution < 1.29 is 14.4 Å². The van der Waals surface area contributed by atoms with E-state index in [0.717, 1.165) is 29.8 Å². The van der Waals surface area contributed by atoms with Gasteiger partial charge in [0.2, 0.25) is 11.8 Å². The summed E-state index contributed by atoms with van der Waals surface area (Å²) in [6, 6.07) is 25.7. The quantitative estimate of drug-likeness (QED) is 0.555. The number of hydrogen-bond acceptors (Lipinski definition) is 3. The molecule has 0 radical (unpaired) electrons. The number of nitrogens with one attached hydrogen (secondary N) is 2. The van der Waals surface area contributed by atoms with Crippen LogP contribution in [0, 0.1) is 0 Å². The zero-order chi connectivity index (χ0) is 23.0. The molecule has 0 aromatic heterocycles. The Balaban J connectivity index is 1.36. The number of anilines is 1. The van der Waals surface area contributed by atoms with Crippen LogP contribution in [0.3, 0.4) is 0 Å². The van der Waals surface area contributed by atoms with Gasteiger partial charge in [-0.25, -0.2) is 0 Å². The van der Waals surface area contributed by atoms with Gasteiger partial charge in [0.1, 0.15) is 0 Å². The Kier molecular flexibility index (Phi) is 7.15. The fraction of sp³-hybridized carbons (Fsp3) is 0.222. The molecule has 1 heterocycles. The highest BCUT2D eigenvalue weighted by Gasteiger charge is 2.22. The number of benzene rings is 3. The molecule has 3 aromatic rings. The summed E-state index contributed by atoms with van der Waals surface area (Å²) in [5.41, 5.74) is 3.26. The molecule has 3 amide bonds. The standard InChI is InChI=1S/C27H27N3O3/c31-25(28-19-20-13-15-23(16-14-20)30-17-7-12-26(30)32)18-24(21-8-3-1-4-9-21)29-27(33)22-10-5-2-6-11-22/h1-6,8-11,13-16,24H,7,12,17-19H2,(H,28,31)(H,29,33). The van der Waals surface area contributed by atoms with Crippen molar-refractivity contribution in [2.24, 2.45) is 0 Å². The molecule has 1 aliphatic heterocycles. The molecule has 0 bridgehead atoms. The Morgan fingerprint density at radius 3 is 2.18 bits per heavy atom. The monoisotopic (exact) mass is 441 g/mol. The average molecular weight is 442 g/mol. The molecule has 3 aromatic carbocycles. The minimum Gasteiger partial charge on any atom is -0.352 e. The molecule has 1 fully saturated rings. The molecule has 1 unspecified atom stereocenters. The third-order valence-electron chi connectivity index (χ3n) is 5.74. The number of hydrogen-bond donors (Lipinski definition) is 2. The molecule has 6 nitrogen and oxygen atoms in total. The van der Waals surface area contributed by atoms with Crippen molar-refractivity contribution in [3.05, 3.63) is 102 Å². The number of amides is 3. The van der Waals surface area contributed by atoms with Crippen molar-refractivity contribution in [3.63, 3.8) is 0 Å². The van der Waals surface area contributed by atoms with Gasteiger partial charge in [0.15, 0.2) is 0 Å². The molecule has 0 saturated carbocycles. The van der Waals surface area contributed by atoms with Crippen LogP contribution in [0.25, 0.3) is 0 Å². The average Bonchev–Trinajstić information content (AvgIpc) is 3.29. The second-order valence-corrected chi connectivity index (χ2v) is 8.10. The number of carbonyl (C=O) groups excluding carboxylic acids is 3. The van der Waals surface area contributed by atoms with Crippen molar-refractivity contribution in [2.45, 2.75) is 31.8 Å². The third kappa shape index (κ3) is 5.86. The van der Waals surface area contributed by atoms with E-state index in [-0.39, 0.29) is 24.1 Å². The summed E-state index contributed by atoms with van der Waals surface area (Å²) in [4.78, 5) is 39.1. The maximum absolute atomic E-state index is 12.7. The van der Waals surface area contributed by atoms with E-state index in [1.165, 1.54) is 0 Å². The first-order valence-corrected chi connectivity index (χ1v) is 11.2. The molecule has 168 valence electrons. The fourth-order valence-electron chi connectivity index (χ4n) is 3.94. The van der Waals surface area contributed by atoms with Gasteiger partial charge < -0.3 is 15.5 Å². The number of rotatable bonds is 8. The van der Waals surface area contributed by atoms with Crippen LogP contribution in [0.2, 0.25) is 0 Å². The Hall–Kier alpha value is -3.93. The first-order chi connectivity index (χ1) is 16.1. The van der Waals surface area contributed by atoms with Crippen LogP contribution in [-0.4, -0.2) is 24.3 Å². The van der Waals surface area contributed by atoms with Gasteiger partial charge in [-0.1, -0.05) is 60.7 Å². The summed E-state index contributed by atoms with van der Waals surface area (Å²) >= 11 is 0. The summed E-state index contributed by atoms with van der Waals surface area (Å²) in [5, 5.41) is 5.92. The van der Waals surface area contributed by atoms with E-state index in [1.807, 2.05) is 72.8 Å². The maximum atomic E-state index is 12.7. The summed E-state index contributed by atoms with van der Waals surface area (Å²) in [7, 11) is 0. The highest BCUT2D eigenvalue weighted by molar-refractivity contribution is 5.95. The normalized spacial score (nSPS) is 14.1. The molecule has 0 spiro atoms. The fourth-order valence-corrected chi connectivity index (χ4v) is 3.94. The van der Waals surface area contributed by atoms with E-state index in [4.69, 9.17) is 0 Å². The van der Waals surface area contributed by atoms with Gasteiger partial charge in [-0.3, -0.25) is 14.4 Å². The Bertz CT molecular complexity index is 1100. The molecular formula is C27H27N3O3. The lowest BCUT2D eigenvalue weighted by Gasteiger charge is -2.19. The van der Waals surface area contributed by atoms with Crippen LogP contribution in [0.4, 0.5) is 5.69 Å². The summed E-state index contributed by atoms with van der Waals surface area (Å²) in [6.45, 7) is 1.13. The zero-order valence-electron chi connectivity index (χ0n) is 18.4. The number of carbonyl (C=O) groups is 3. The molecule has 33 heavy (non-hydrogen) atoms. The molecule has 0 aliphatic carbocycles. The summed E-state index contributed by atoms with van der Waals surface area (Å²) < 4.78 is 0. The van der Waals surface area contributed by atoms with E-state index >= 15 is 0 Å². The van der Waals surface area contributed by atoms with E-state index in [2.05, 4.69) is 10.6 Å². The molecule has 1 aliphatic rings. The Morgan fingerprint density at radius 1 is 0.879 bits per heavy atom. The molecule has 1 atom stereocenters. The van der Waals surface area contributed by atoms with Crippen LogP contribution in [0.1, 0.15) is 46.8 Å². The van der Waals surface area contributed by atoms with Crippen molar-refractivity contribution in [3.8, 4) is 0 Å². The Labute approximate surface area is 193 Å². The lowest BCUT2D eigenvalue weighted by atomic mass is 10.0. The minimum absolute atomic E-state index is 0.128. The minimum atomic E-state index is -0.442. The first-order valence-electron chi connectivity index (χ1n) is 11.2. The van der Waals surface area contributed by atoms with Gasteiger partial charge in [-0.05, 0) is 41.8 Å². The van der Waals surface area contributed by atoms with E-state index in [1.54, 1.807) is 17.0 Å². The SMILES string of the molecule is O=C(CC(NC(=O)c1ccccc1)c1ccccc1)NCc1ccc(N2CCCC2=O)cc1. The van der Waals surface area contributed by atoms with Crippen LogP contribution >= 0.6 is 0 Å². The van der Waals surface area contributed by atoms with Gasteiger partial charge in [-0.2, -0.15) is 0 Å². The van der Waals surface area contributed by atoms with Gasteiger partial charge in [0.25, 0.3) is 5.91 Å². The van der Waals surface area contributed by atoms with Crippen LogP contribution in [0.5, 0.6) is 0 Å². The summed E-state index contributed by atoms with van der Waals surface area (Å²) in [6.07, 6.45) is 1.62.